The lowest BCUT2D eigenvalue weighted by atomic mass is 10.1. The fourth-order valence-electron chi connectivity index (χ4n) is 1.88. The quantitative estimate of drug-likeness (QED) is 0.559. The molecule has 0 radical (unpaired) electrons. The van der Waals surface area contributed by atoms with Crippen molar-refractivity contribution in [3.8, 4) is 5.75 Å². The van der Waals surface area contributed by atoms with Crippen LogP contribution >= 0.6 is 0 Å². The number of hydrogen-bond acceptors (Lipinski definition) is 2. The monoisotopic (exact) mass is 195 g/mol. The van der Waals surface area contributed by atoms with Gasteiger partial charge in [-0.3, -0.25) is 4.98 Å². The van der Waals surface area contributed by atoms with Crippen LogP contribution in [0, 0.1) is 0 Å². The molecule has 0 bridgehead atoms. The van der Waals surface area contributed by atoms with Crippen LogP contribution in [0.4, 0.5) is 0 Å². The number of aromatic hydroxyl groups is 1. The Hall–Kier alpha value is -2.09. The highest BCUT2D eigenvalue weighted by Crippen LogP contribution is 2.26. The van der Waals surface area contributed by atoms with Crippen molar-refractivity contribution >= 4 is 21.7 Å². The molecule has 0 unspecified atom stereocenters. The van der Waals surface area contributed by atoms with E-state index in [9.17, 15) is 5.11 Å². The lowest BCUT2D eigenvalue weighted by Gasteiger charge is -2.02. The second kappa shape index (κ2) is 2.95. The van der Waals surface area contributed by atoms with Crippen molar-refractivity contribution in [2.75, 3.05) is 0 Å². The largest absolute Gasteiger partial charge is 0.508 e. The molecule has 0 aliphatic carbocycles. The molecule has 0 aliphatic rings. The predicted octanol–water partition coefficient (Wildman–Crippen LogP) is 3.09. The molecule has 15 heavy (non-hydrogen) atoms. The first kappa shape index (κ1) is 8.24. The van der Waals surface area contributed by atoms with Gasteiger partial charge in [-0.2, -0.15) is 0 Å². The summed E-state index contributed by atoms with van der Waals surface area (Å²) < 4.78 is 0. The van der Waals surface area contributed by atoms with Gasteiger partial charge in [0.25, 0.3) is 0 Å². The first-order valence-corrected chi connectivity index (χ1v) is 4.81. The van der Waals surface area contributed by atoms with Crippen molar-refractivity contribution in [3.63, 3.8) is 0 Å². The third-order valence-corrected chi connectivity index (χ3v) is 2.58. The molecule has 1 N–H and O–H groups in total. The molecule has 0 spiro atoms. The van der Waals surface area contributed by atoms with E-state index in [4.69, 9.17) is 0 Å². The van der Waals surface area contributed by atoms with Gasteiger partial charge in [-0.25, -0.2) is 0 Å². The maximum Gasteiger partial charge on any atom is 0.116 e. The highest BCUT2D eigenvalue weighted by Gasteiger charge is 2.00. The summed E-state index contributed by atoms with van der Waals surface area (Å²) in [6.07, 6.45) is 1.79. The molecular weight excluding hydrogens is 186 g/mol. The standard InChI is InChI=1S/C13H9NO/c15-10-4-5-11-9(8-10)3-6-13-12(11)2-1-7-14-13/h1-8,15H. The fourth-order valence-corrected chi connectivity index (χ4v) is 1.88. The number of pyridine rings is 1. The van der Waals surface area contributed by atoms with Crippen LogP contribution in [-0.2, 0) is 0 Å². The Kier molecular flexibility index (Phi) is 1.62. The van der Waals surface area contributed by atoms with E-state index in [1.165, 1.54) is 0 Å². The molecule has 2 nitrogen and oxygen atoms in total. The number of benzene rings is 2. The second-order valence-corrected chi connectivity index (χ2v) is 3.54. The van der Waals surface area contributed by atoms with Crippen LogP contribution in [0.25, 0.3) is 21.7 Å². The maximum atomic E-state index is 9.39. The summed E-state index contributed by atoms with van der Waals surface area (Å²) in [4.78, 5) is 4.29. The number of phenolic OH excluding ortho intramolecular Hbond substituents is 1. The molecule has 72 valence electrons. The van der Waals surface area contributed by atoms with Crippen LogP contribution in [0.2, 0.25) is 0 Å². The Morgan fingerprint density at radius 3 is 2.80 bits per heavy atom. The van der Waals surface area contributed by atoms with Crippen molar-refractivity contribution in [1.29, 1.82) is 0 Å². The van der Waals surface area contributed by atoms with Gasteiger partial charge in [0, 0.05) is 11.6 Å². The molecule has 0 fully saturated rings. The van der Waals surface area contributed by atoms with Gasteiger partial charge in [0.15, 0.2) is 0 Å². The first-order chi connectivity index (χ1) is 7.34. The van der Waals surface area contributed by atoms with Crippen molar-refractivity contribution in [2.24, 2.45) is 0 Å². The number of phenols is 1. The molecular formula is C13H9NO. The van der Waals surface area contributed by atoms with Gasteiger partial charge in [0.1, 0.15) is 5.75 Å². The van der Waals surface area contributed by atoms with Gasteiger partial charge >= 0.3 is 0 Å². The molecule has 2 heteroatoms. The van der Waals surface area contributed by atoms with Gasteiger partial charge in [-0.15, -0.1) is 0 Å². The van der Waals surface area contributed by atoms with E-state index in [1.54, 1.807) is 18.3 Å². The summed E-state index contributed by atoms with van der Waals surface area (Å²) in [6.45, 7) is 0. The third kappa shape index (κ3) is 1.22. The summed E-state index contributed by atoms with van der Waals surface area (Å²) in [7, 11) is 0. The Morgan fingerprint density at radius 2 is 1.87 bits per heavy atom. The molecule has 2 aromatic carbocycles. The Morgan fingerprint density at radius 1 is 0.933 bits per heavy atom. The van der Waals surface area contributed by atoms with Crippen LogP contribution in [0.5, 0.6) is 5.75 Å². The third-order valence-electron chi connectivity index (χ3n) is 2.58. The molecule has 0 aliphatic heterocycles. The topological polar surface area (TPSA) is 33.1 Å². The van der Waals surface area contributed by atoms with Crippen LogP contribution in [0.15, 0.2) is 48.7 Å². The number of aromatic nitrogens is 1. The van der Waals surface area contributed by atoms with Crippen molar-refractivity contribution in [1.82, 2.24) is 4.98 Å². The molecule has 1 aromatic heterocycles. The summed E-state index contributed by atoms with van der Waals surface area (Å²) >= 11 is 0. The highest BCUT2D eigenvalue weighted by molar-refractivity contribution is 6.06. The average Bonchev–Trinajstić information content (AvgIpc) is 2.28. The zero-order chi connectivity index (χ0) is 10.3. The number of nitrogens with zero attached hydrogens (tertiary/aromatic N) is 1. The van der Waals surface area contributed by atoms with E-state index >= 15 is 0 Å². The SMILES string of the molecule is Oc1ccc2c(ccc3ncccc32)c1. The molecule has 0 saturated heterocycles. The van der Waals surface area contributed by atoms with Crippen LogP contribution in [0.1, 0.15) is 0 Å². The van der Waals surface area contributed by atoms with Gasteiger partial charge in [-0.1, -0.05) is 18.2 Å². The minimum atomic E-state index is 0.297. The van der Waals surface area contributed by atoms with E-state index in [-0.39, 0.29) is 0 Å². The zero-order valence-corrected chi connectivity index (χ0v) is 8.01. The van der Waals surface area contributed by atoms with E-state index in [0.29, 0.717) is 5.75 Å². The van der Waals surface area contributed by atoms with Crippen molar-refractivity contribution < 1.29 is 5.11 Å². The van der Waals surface area contributed by atoms with Crippen LogP contribution in [0.3, 0.4) is 0 Å². The fraction of sp³-hybridized carbons (Fsp3) is 0. The first-order valence-electron chi connectivity index (χ1n) is 4.81. The normalized spacial score (nSPS) is 10.9. The smallest absolute Gasteiger partial charge is 0.116 e. The van der Waals surface area contributed by atoms with Crippen LogP contribution < -0.4 is 0 Å². The minimum Gasteiger partial charge on any atom is -0.508 e. The highest BCUT2D eigenvalue weighted by atomic mass is 16.3. The zero-order valence-electron chi connectivity index (χ0n) is 8.01. The maximum absolute atomic E-state index is 9.39. The van der Waals surface area contributed by atoms with E-state index in [1.807, 2.05) is 30.3 Å². The Balaban J connectivity index is 2.55. The second-order valence-electron chi connectivity index (χ2n) is 3.54. The van der Waals surface area contributed by atoms with E-state index in [2.05, 4.69) is 4.98 Å². The van der Waals surface area contributed by atoms with Gasteiger partial charge < -0.3 is 5.11 Å². The Labute approximate surface area is 86.8 Å². The van der Waals surface area contributed by atoms with E-state index < -0.39 is 0 Å². The van der Waals surface area contributed by atoms with Crippen LogP contribution in [-0.4, -0.2) is 10.1 Å². The predicted molar refractivity (Wildman–Crippen MR) is 60.9 cm³/mol. The molecule has 3 aromatic rings. The molecule has 0 atom stereocenters. The van der Waals surface area contributed by atoms with Crippen molar-refractivity contribution in [3.05, 3.63) is 48.7 Å². The van der Waals surface area contributed by atoms with Gasteiger partial charge in [0.2, 0.25) is 0 Å². The van der Waals surface area contributed by atoms with Gasteiger partial charge in [-0.05, 0) is 35.0 Å². The summed E-state index contributed by atoms with van der Waals surface area (Å²) in [5.74, 6) is 0.297. The summed E-state index contributed by atoms with van der Waals surface area (Å²) in [5, 5.41) is 12.7. The number of rotatable bonds is 0. The number of hydrogen-bond donors (Lipinski definition) is 1. The Bertz CT molecular complexity index is 646. The molecule has 3 rings (SSSR count). The molecule has 0 saturated carbocycles. The lowest BCUT2D eigenvalue weighted by Crippen LogP contribution is -1.79. The van der Waals surface area contributed by atoms with Gasteiger partial charge in [0.05, 0.1) is 5.52 Å². The minimum absolute atomic E-state index is 0.297. The molecule has 0 amide bonds. The van der Waals surface area contributed by atoms with E-state index in [0.717, 1.165) is 21.7 Å². The lowest BCUT2D eigenvalue weighted by molar-refractivity contribution is 0.476. The summed E-state index contributed by atoms with van der Waals surface area (Å²) in [6, 6.07) is 13.3. The summed E-state index contributed by atoms with van der Waals surface area (Å²) in [5.41, 5.74) is 0.982. The average molecular weight is 195 g/mol. The number of fused-ring (bicyclic) bond motifs is 3. The van der Waals surface area contributed by atoms with Crippen molar-refractivity contribution in [2.45, 2.75) is 0 Å². The molecule has 1 heterocycles.